The number of halogens is 5. The number of piperidine rings is 1. The molecule has 1 fully saturated rings. The lowest BCUT2D eigenvalue weighted by Gasteiger charge is -2.33. The maximum Gasteiger partial charge on any atom is 0.389 e. The van der Waals surface area contributed by atoms with Crippen LogP contribution in [0.25, 0.3) is 0 Å². The van der Waals surface area contributed by atoms with Crippen molar-refractivity contribution in [1.82, 2.24) is 29.3 Å². The summed E-state index contributed by atoms with van der Waals surface area (Å²) in [5, 5.41) is 12.5. The van der Waals surface area contributed by atoms with Crippen molar-refractivity contribution in [2.45, 2.75) is 69.2 Å². The number of hydrogen-bond acceptors (Lipinski definition) is 4. The highest BCUT2D eigenvalue weighted by atomic mass is 19.4. The quantitative estimate of drug-likeness (QED) is 0.394. The van der Waals surface area contributed by atoms with Gasteiger partial charge in [0.05, 0.1) is 12.2 Å². The Labute approximate surface area is 225 Å². The van der Waals surface area contributed by atoms with Crippen molar-refractivity contribution in [2.24, 2.45) is 0 Å². The highest BCUT2D eigenvalue weighted by Gasteiger charge is 2.34. The number of aromatic nitrogens is 4. The SMILES string of the molecule is O=C(N[C@@H]1CC[C@@H](c2cccc(F)c2F)Cn2c(CCC(F)(F)F)cnc21)N1CCC(n2cc(O)[nH]c2=O)CC1. The molecular formula is C26H29F5N6O3. The van der Waals surface area contributed by atoms with Gasteiger partial charge in [-0.3, -0.25) is 9.55 Å². The maximum atomic E-state index is 14.7. The summed E-state index contributed by atoms with van der Waals surface area (Å²) in [5.41, 5.74) is -0.00545. The number of amides is 2. The van der Waals surface area contributed by atoms with E-state index in [1.165, 1.54) is 29.1 Å². The van der Waals surface area contributed by atoms with Crippen LogP contribution < -0.4 is 11.0 Å². The first kappa shape index (κ1) is 27.7. The summed E-state index contributed by atoms with van der Waals surface area (Å²) in [6, 6.07) is 2.63. The molecule has 0 aliphatic carbocycles. The van der Waals surface area contributed by atoms with Gasteiger partial charge in [-0.25, -0.2) is 23.4 Å². The number of nitrogens with one attached hydrogen (secondary N) is 2. The van der Waals surface area contributed by atoms with Crippen LogP contribution >= 0.6 is 0 Å². The number of alkyl halides is 3. The van der Waals surface area contributed by atoms with Gasteiger partial charge >= 0.3 is 17.9 Å². The van der Waals surface area contributed by atoms with Crippen LogP contribution in [0.3, 0.4) is 0 Å². The van der Waals surface area contributed by atoms with Gasteiger partial charge in [-0.15, -0.1) is 0 Å². The largest absolute Gasteiger partial charge is 0.493 e. The summed E-state index contributed by atoms with van der Waals surface area (Å²) in [6.45, 7) is 0.771. The molecule has 9 nitrogen and oxygen atoms in total. The Morgan fingerprint density at radius 1 is 1.15 bits per heavy atom. The number of urea groups is 1. The third kappa shape index (κ3) is 5.85. The van der Waals surface area contributed by atoms with Gasteiger partial charge in [0.2, 0.25) is 5.88 Å². The number of likely N-dealkylation sites (tertiary alicyclic amines) is 1. The zero-order valence-corrected chi connectivity index (χ0v) is 21.4. The fraction of sp³-hybridized carbons (Fsp3) is 0.500. The number of nitrogens with zero attached hydrogens (tertiary/aromatic N) is 4. The minimum absolute atomic E-state index is 0.0962. The van der Waals surface area contributed by atoms with E-state index < -0.39 is 47.9 Å². The molecule has 3 N–H and O–H groups in total. The van der Waals surface area contributed by atoms with Crippen LogP contribution in [-0.4, -0.2) is 54.4 Å². The van der Waals surface area contributed by atoms with E-state index in [1.807, 2.05) is 0 Å². The van der Waals surface area contributed by atoms with Crippen molar-refractivity contribution in [2.75, 3.05) is 13.1 Å². The molecular weight excluding hydrogens is 539 g/mol. The van der Waals surface area contributed by atoms with E-state index in [9.17, 15) is 36.6 Å². The third-order valence-corrected chi connectivity index (χ3v) is 7.75. The summed E-state index contributed by atoms with van der Waals surface area (Å²) in [6.07, 6.45) is -1.50. The van der Waals surface area contributed by atoms with E-state index in [-0.39, 0.29) is 30.5 Å². The number of carbonyl (C=O) groups excluding carboxylic acids is 1. The molecule has 1 saturated heterocycles. The Balaban J connectivity index is 1.33. The number of aromatic hydroxyl groups is 1. The first-order valence-corrected chi connectivity index (χ1v) is 13.1. The van der Waals surface area contributed by atoms with Gasteiger partial charge in [-0.05, 0) is 43.7 Å². The van der Waals surface area contributed by atoms with E-state index in [2.05, 4.69) is 15.3 Å². The van der Waals surface area contributed by atoms with Crippen LogP contribution in [0.15, 0.2) is 35.4 Å². The minimum atomic E-state index is -4.38. The van der Waals surface area contributed by atoms with Crippen LogP contribution in [0.1, 0.15) is 67.2 Å². The average Bonchev–Trinajstić information content (AvgIpc) is 3.41. The van der Waals surface area contributed by atoms with Gasteiger partial charge in [0.1, 0.15) is 5.82 Å². The van der Waals surface area contributed by atoms with E-state index in [0.29, 0.717) is 50.3 Å². The molecule has 216 valence electrons. The summed E-state index contributed by atoms with van der Waals surface area (Å²) in [5.74, 6) is -2.40. The van der Waals surface area contributed by atoms with Crippen molar-refractivity contribution in [1.29, 1.82) is 0 Å². The number of hydrogen-bond donors (Lipinski definition) is 3. The van der Waals surface area contributed by atoms with Gasteiger partial charge in [0, 0.05) is 49.9 Å². The molecule has 5 rings (SSSR count). The third-order valence-electron chi connectivity index (χ3n) is 7.75. The fourth-order valence-electron chi connectivity index (χ4n) is 5.68. The Morgan fingerprint density at radius 3 is 2.58 bits per heavy atom. The molecule has 0 saturated carbocycles. The van der Waals surface area contributed by atoms with Crippen LogP contribution in [0.4, 0.5) is 26.7 Å². The van der Waals surface area contributed by atoms with Crippen LogP contribution in [0.5, 0.6) is 5.88 Å². The predicted octanol–water partition coefficient (Wildman–Crippen LogP) is 4.52. The molecule has 3 aromatic rings. The Bertz CT molecular complexity index is 1420. The van der Waals surface area contributed by atoms with Gasteiger partial charge in [-0.1, -0.05) is 12.1 Å². The van der Waals surface area contributed by atoms with Crippen LogP contribution in [-0.2, 0) is 13.0 Å². The molecule has 2 amide bonds. The summed E-state index contributed by atoms with van der Waals surface area (Å²) >= 11 is 0. The number of imidazole rings is 2. The van der Waals surface area contributed by atoms with Gasteiger partial charge in [0.15, 0.2) is 11.6 Å². The van der Waals surface area contributed by atoms with Crippen LogP contribution in [0.2, 0.25) is 0 Å². The van der Waals surface area contributed by atoms with E-state index in [0.717, 1.165) is 6.07 Å². The standard InChI is InChI=1S/C26H29F5N6O3/c27-19-3-1-2-18(22(19)28)15-4-5-20(23-32-12-17(36(23)13-15)6-9-26(29,30)31)33-24(39)35-10-7-16(8-11-35)37-14-21(38)34-25(37)40/h1-3,12,14-16,20,38H,4-11,13H2,(H,33,39)(H,34,40)/t15-,20-/m1/s1. The fourth-order valence-corrected chi connectivity index (χ4v) is 5.68. The number of benzene rings is 1. The Kier molecular flexibility index (Phi) is 7.60. The van der Waals surface area contributed by atoms with Gasteiger partial charge < -0.3 is 19.9 Å². The Hall–Kier alpha value is -3.84. The second-order valence-electron chi connectivity index (χ2n) is 10.3. The molecule has 0 radical (unpaired) electrons. The smallest absolute Gasteiger partial charge is 0.389 e. The van der Waals surface area contributed by atoms with Gasteiger partial charge in [0.25, 0.3) is 0 Å². The van der Waals surface area contributed by atoms with Crippen molar-refractivity contribution in [3.05, 3.63) is 69.8 Å². The van der Waals surface area contributed by atoms with E-state index in [1.54, 1.807) is 9.47 Å². The zero-order chi connectivity index (χ0) is 28.6. The number of aryl methyl sites for hydroxylation is 1. The predicted molar refractivity (Wildman–Crippen MR) is 133 cm³/mol. The number of H-pyrrole nitrogens is 1. The molecule has 0 unspecified atom stereocenters. The lowest BCUT2D eigenvalue weighted by molar-refractivity contribution is -0.134. The molecule has 2 aromatic heterocycles. The topological polar surface area (TPSA) is 108 Å². The lowest BCUT2D eigenvalue weighted by atomic mass is 9.92. The Morgan fingerprint density at radius 2 is 1.90 bits per heavy atom. The summed E-state index contributed by atoms with van der Waals surface area (Å²) in [4.78, 5) is 33.4. The molecule has 2 atom stereocenters. The first-order valence-electron chi connectivity index (χ1n) is 13.1. The number of fused-ring (bicyclic) bond motifs is 1. The molecule has 2 aliphatic rings. The average molecular weight is 569 g/mol. The highest BCUT2D eigenvalue weighted by molar-refractivity contribution is 5.74. The zero-order valence-electron chi connectivity index (χ0n) is 21.4. The molecule has 0 spiro atoms. The minimum Gasteiger partial charge on any atom is -0.493 e. The first-order chi connectivity index (χ1) is 19.0. The van der Waals surface area contributed by atoms with Crippen molar-refractivity contribution >= 4 is 6.03 Å². The molecule has 1 aromatic carbocycles. The number of carbonyl (C=O) groups is 1. The maximum absolute atomic E-state index is 14.7. The monoisotopic (exact) mass is 568 g/mol. The lowest BCUT2D eigenvalue weighted by Crippen LogP contribution is -2.46. The number of aromatic amines is 1. The second-order valence-corrected chi connectivity index (χ2v) is 10.3. The highest BCUT2D eigenvalue weighted by Crippen LogP contribution is 2.36. The molecule has 2 aliphatic heterocycles. The van der Waals surface area contributed by atoms with Crippen LogP contribution in [0, 0.1) is 11.6 Å². The molecule has 0 bridgehead atoms. The molecule has 14 heteroatoms. The van der Waals surface area contributed by atoms with Crippen molar-refractivity contribution < 1.29 is 31.9 Å². The second kappa shape index (κ2) is 11.0. The van der Waals surface area contributed by atoms with E-state index in [4.69, 9.17) is 0 Å². The summed E-state index contributed by atoms with van der Waals surface area (Å²) in [7, 11) is 0. The summed E-state index contributed by atoms with van der Waals surface area (Å²) < 4.78 is 70.7. The molecule has 4 heterocycles. The van der Waals surface area contributed by atoms with Crippen molar-refractivity contribution in [3.8, 4) is 5.88 Å². The normalized spacial score (nSPS) is 20.3. The van der Waals surface area contributed by atoms with E-state index >= 15 is 0 Å². The van der Waals surface area contributed by atoms with Crippen molar-refractivity contribution in [3.63, 3.8) is 0 Å². The number of rotatable bonds is 5. The molecule has 40 heavy (non-hydrogen) atoms. The van der Waals surface area contributed by atoms with Gasteiger partial charge in [-0.2, -0.15) is 13.2 Å².